The van der Waals surface area contributed by atoms with Crippen LogP contribution in [0.3, 0.4) is 0 Å². The number of para-hydroxylation sites is 2. The van der Waals surface area contributed by atoms with Gasteiger partial charge < -0.3 is 9.13 Å². The minimum atomic E-state index is -4.66. The molecule has 0 spiro atoms. The van der Waals surface area contributed by atoms with Crippen LogP contribution < -0.4 is 0 Å². The van der Waals surface area contributed by atoms with Crippen molar-refractivity contribution < 1.29 is 13.2 Å². The van der Waals surface area contributed by atoms with Crippen molar-refractivity contribution in [1.82, 2.24) is 9.13 Å². The van der Waals surface area contributed by atoms with Crippen LogP contribution in [-0.4, -0.2) is 9.13 Å². The highest BCUT2D eigenvalue weighted by molar-refractivity contribution is 6.12. The van der Waals surface area contributed by atoms with E-state index in [1.54, 1.807) is 36.4 Å². The van der Waals surface area contributed by atoms with Gasteiger partial charge in [-0.2, -0.15) is 29.0 Å². The van der Waals surface area contributed by atoms with Crippen molar-refractivity contribution in [3.63, 3.8) is 0 Å². The van der Waals surface area contributed by atoms with Crippen LogP contribution in [-0.2, 0) is 6.18 Å². The zero-order chi connectivity index (χ0) is 34.7. The summed E-state index contributed by atoms with van der Waals surface area (Å²) >= 11 is 0. The first-order chi connectivity index (χ1) is 24.2. The average molecular weight is 653 g/mol. The maximum atomic E-state index is 13.8. The number of fused-ring (bicyclic) bond motifs is 6. The second-order valence-corrected chi connectivity index (χ2v) is 11.7. The largest absolute Gasteiger partial charge is 0.416 e. The van der Waals surface area contributed by atoms with E-state index in [9.17, 15) is 29.0 Å². The molecular formula is C41H19F3N6. The number of rotatable bonds is 3. The molecule has 2 heterocycles. The molecule has 8 aromatic rings. The van der Waals surface area contributed by atoms with Crippen molar-refractivity contribution in [2.75, 3.05) is 0 Å². The van der Waals surface area contributed by atoms with Gasteiger partial charge in [-0.1, -0.05) is 60.7 Å². The lowest BCUT2D eigenvalue weighted by atomic mass is 9.95. The number of hydrogen-bond acceptors (Lipinski definition) is 3. The molecular weight excluding hydrogens is 633 g/mol. The van der Waals surface area contributed by atoms with Gasteiger partial charge >= 0.3 is 6.18 Å². The highest BCUT2D eigenvalue weighted by Gasteiger charge is 2.31. The first-order valence-corrected chi connectivity index (χ1v) is 15.3. The van der Waals surface area contributed by atoms with Gasteiger partial charge in [0.2, 0.25) is 0 Å². The summed E-state index contributed by atoms with van der Waals surface area (Å²) in [5.74, 6) is 0. The first kappa shape index (κ1) is 30.0. The molecule has 0 aliphatic carbocycles. The Labute approximate surface area is 282 Å². The lowest BCUT2D eigenvalue weighted by Gasteiger charge is -2.19. The highest BCUT2D eigenvalue weighted by atomic mass is 19.4. The van der Waals surface area contributed by atoms with E-state index in [2.05, 4.69) is 17.0 Å². The smallest absolute Gasteiger partial charge is 0.309 e. The normalized spacial score (nSPS) is 11.4. The van der Waals surface area contributed by atoms with Gasteiger partial charge in [0.05, 0.1) is 63.3 Å². The Morgan fingerprint density at radius 3 is 1.72 bits per heavy atom. The molecule has 6 aromatic carbocycles. The van der Waals surface area contributed by atoms with Gasteiger partial charge in [0.1, 0.15) is 11.6 Å². The van der Waals surface area contributed by atoms with E-state index in [-0.39, 0.29) is 16.7 Å². The second-order valence-electron chi connectivity index (χ2n) is 11.7. The average Bonchev–Trinajstić information content (AvgIpc) is 3.65. The molecule has 0 saturated carbocycles. The van der Waals surface area contributed by atoms with Crippen molar-refractivity contribution >= 4 is 49.3 Å². The Hall–Kier alpha value is -7.33. The Morgan fingerprint density at radius 2 is 1.16 bits per heavy atom. The van der Waals surface area contributed by atoms with Crippen molar-refractivity contribution in [3.05, 3.63) is 149 Å². The Bertz CT molecular complexity index is 2760. The van der Waals surface area contributed by atoms with Gasteiger partial charge in [-0.25, -0.2) is 4.85 Å². The maximum absolute atomic E-state index is 13.8. The van der Waals surface area contributed by atoms with Crippen molar-refractivity contribution in [3.8, 4) is 40.7 Å². The zero-order valence-corrected chi connectivity index (χ0v) is 25.8. The molecule has 50 heavy (non-hydrogen) atoms. The zero-order valence-electron chi connectivity index (χ0n) is 25.8. The van der Waals surface area contributed by atoms with Crippen molar-refractivity contribution in [1.29, 1.82) is 15.8 Å². The first-order valence-electron chi connectivity index (χ1n) is 15.3. The third-order valence-corrected chi connectivity index (χ3v) is 9.06. The number of alkyl halides is 3. The number of nitriles is 3. The predicted molar refractivity (Wildman–Crippen MR) is 186 cm³/mol. The van der Waals surface area contributed by atoms with Gasteiger partial charge in [0, 0.05) is 27.1 Å². The molecule has 0 aliphatic rings. The molecule has 0 saturated heterocycles. The van der Waals surface area contributed by atoms with E-state index in [1.807, 2.05) is 75.9 Å². The summed E-state index contributed by atoms with van der Waals surface area (Å²) in [6.45, 7) is 7.70. The van der Waals surface area contributed by atoms with Crippen molar-refractivity contribution in [2.45, 2.75) is 6.18 Å². The Balaban J connectivity index is 1.58. The minimum Gasteiger partial charge on any atom is -0.309 e. The fourth-order valence-electron chi connectivity index (χ4n) is 6.89. The van der Waals surface area contributed by atoms with Gasteiger partial charge in [-0.3, -0.25) is 0 Å². The second kappa shape index (κ2) is 11.1. The number of nitrogens with zero attached hydrogens (tertiary/aromatic N) is 6. The summed E-state index contributed by atoms with van der Waals surface area (Å²) < 4.78 is 45.0. The number of hydrogen-bond donors (Lipinski definition) is 0. The molecule has 9 heteroatoms. The topological polar surface area (TPSA) is 85.6 Å². The summed E-state index contributed by atoms with van der Waals surface area (Å²) in [6, 6.07) is 38.9. The van der Waals surface area contributed by atoms with Crippen LogP contribution >= 0.6 is 0 Å². The summed E-state index contributed by atoms with van der Waals surface area (Å²) in [7, 11) is 0. The van der Waals surface area contributed by atoms with Crippen LogP contribution in [0.2, 0.25) is 0 Å². The number of halogens is 3. The third kappa shape index (κ3) is 4.47. The molecule has 0 N–H and O–H groups in total. The molecule has 0 atom stereocenters. The number of benzene rings is 6. The summed E-state index contributed by atoms with van der Waals surface area (Å²) in [4.78, 5) is 3.64. The molecule has 0 fully saturated rings. The summed E-state index contributed by atoms with van der Waals surface area (Å²) in [5, 5.41) is 34.4. The predicted octanol–water partition coefficient (Wildman–Crippen LogP) is 10.7. The molecule has 8 rings (SSSR count). The van der Waals surface area contributed by atoms with E-state index in [1.165, 1.54) is 6.07 Å². The third-order valence-electron chi connectivity index (χ3n) is 9.06. The molecule has 0 amide bonds. The summed E-state index contributed by atoms with van der Waals surface area (Å²) in [6.07, 6.45) is -4.66. The lowest BCUT2D eigenvalue weighted by molar-refractivity contribution is -0.137. The molecule has 6 nitrogen and oxygen atoms in total. The molecule has 0 bridgehead atoms. The van der Waals surface area contributed by atoms with Crippen LogP contribution in [0.1, 0.15) is 22.3 Å². The maximum Gasteiger partial charge on any atom is 0.416 e. The standard InChI is InChI=1S/C41H19F3N6/c1-48-28-12-15-33-31-7-3-5-9-36(31)50(40(33)20-28)39-19-25(29-14-11-27(41(42,43)44)17-26(29)22-46)18-38(34(39)23-47)49-35-8-4-2-6-30(35)32-13-10-24(21-45)16-37(32)49/h2-20H. The molecule has 0 aliphatic heterocycles. The quantitative estimate of drug-likeness (QED) is 0.178. The van der Waals surface area contributed by atoms with Crippen LogP contribution in [0.15, 0.2) is 115 Å². The van der Waals surface area contributed by atoms with Gasteiger partial charge in [0.25, 0.3) is 0 Å². The molecule has 0 unspecified atom stereocenters. The van der Waals surface area contributed by atoms with Crippen LogP contribution in [0.4, 0.5) is 18.9 Å². The molecule has 0 radical (unpaired) electrons. The van der Waals surface area contributed by atoms with Gasteiger partial charge in [0.15, 0.2) is 5.69 Å². The monoisotopic (exact) mass is 652 g/mol. The number of aromatic nitrogens is 2. The molecule has 234 valence electrons. The van der Waals surface area contributed by atoms with E-state index in [4.69, 9.17) is 6.57 Å². The van der Waals surface area contributed by atoms with E-state index >= 15 is 0 Å². The van der Waals surface area contributed by atoms with E-state index < -0.39 is 11.7 Å². The van der Waals surface area contributed by atoms with Crippen molar-refractivity contribution in [2.24, 2.45) is 0 Å². The fourth-order valence-corrected chi connectivity index (χ4v) is 6.89. The SMILES string of the molecule is [C-]#[N+]c1ccc2c3ccccc3n(-c3cc(-c4ccc(C(F)(F)F)cc4C#N)cc(-n4c5ccccc5c5ccc(C#N)cc54)c3C#N)c2c1. The minimum absolute atomic E-state index is 0.187. The Kier molecular flexibility index (Phi) is 6.69. The lowest BCUT2D eigenvalue weighted by Crippen LogP contribution is -2.07. The van der Waals surface area contributed by atoms with Crippen LogP contribution in [0, 0.1) is 40.6 Å². The van der Waals surface area contributed by atoms with Crippen LogP contribution in [0.25, 0.3) is 71.0 Å². The highest BCUT2D eigenvalue weighted by Crippen LogP contribution is 2.42. The van der Waals surface area contributed by atoms with Gasteiger partial charge in [-0.15, -0.1) is 0 Å². The van der Waals surface area contributed by atoms with E-state index in [0.29, 0.717) is 39.2 Å². The van der Waals surface area contributed by atoms with E-state index in [0.717, 1.165) is 44.7 Å². The van der Waals surface area contributed by atoms with Crippen LogP contribution in [0.5, 0.6) is 0 Å². The van der Waals surface area contributed by atoms with Gasteiger partial charge in [-0.05, 0) is 65.7 Å². The molecule has 2 aromatic heterocycles. The Morgan fingerprint density at radius 1 is 0.580 bits per heavy atom. The fraction of sp³-hybridized carbons (Fsp3) is 0.0244. The summed E-state index contributed by atoms with van der Waals surface area (Å²) in [5.41, 5.74) is 4.11.